The van der Waals surface area contributed by atoms with Crippen molar-refractivity contribution in [2.45, 2.75) is 38.5 Å². The quantitative estimate of drug-likeness (QED) is 0.821. The van der Waals surface area contributed by atoms with E-state index >= 15 is 0 Å². The van der Waals surface area contributed by atoms with Crippen LogP contribution in [0.25, 0.3) is 0 Å². The normalized spacial score (nSPS) is 18.7. The zero-order valence-corrected chi connectivity index (χ0v) is 15.1. The van der Waals surface area contributed by atoms with E-state index in [1.54, 1.807) is 12.1 Å². The maximum absolute atomic E-state index is 12.6. The summed E-state index contributed by atoms with van der Waals surface area (Å²) in [5, 5.41) is 5.37. The van der Waals surface area contributed by atoms with Gasteiger partial charge in [0.25, 0.3) is 5.91 Å². The van der Waals surface area contributed by atoms with Crippen molar-refractivity contribution in [2.75, 3.05) is 5.32 Å². The number of hydrogen-bond acceptors (Lipinski definition) is 3. The highest BCUT2D eigenvalue weighted by molar-refractivity contribution is 6.05. The van der Waals surface area contributed by atoms with E-state index in [-0.39, 0.29) is 30.1 Å². The highest BCUT2D eigenvalue weighted by atomic mass is 16.2. The summed E-state index contributed by atoms with van der Waals surface area (Å²) >= 11 is 0. The molecule has 5 heteroatoms. The highest BCUT2D eigenvalue weighted by Crippen LogP contribution is 2.28. The summed E-state index contributed by atoms with van der Waals surface area (Å²) in [7, 11) is 0. The number of carbonyl (C=O) groups excluding carboxylic acids is 3. The number of benzene rings is 2. The first-order valence-electron chi connectivity index (χ1n) is 9.45. The van der Waals surface area contributed by atoms with Gasteiger partial charge in [-0.25, -0.2) is 0 Å². The fraction of sp³-hybridized carbons (Fsp3) is 0.318. The number of carbonyl (C=O) groups is 3. The van der Waals surface area contributed by atoms with E-state index in [4.69, 9.17) is 0 Å². The fourth-order valence-electron chi connectivity index (χ4n) is 3.94. The van der Waals surface area contributed by atoms with Crippen LogP contribution in [-0.2, 0) is 28.9 Å². The van der Waals surface area contributed by atoms with Gasteiger partial charge in [-0.1, -0.05) is 24.3 Å². The monoisotopic (exact) mass is 362 g/mol. The van der Waals surface area contributed by atoms with Crippen LogP contribution in [0, 0.1) is 5.92 Å². The van der Waals surface area contributed by atoms with E-state index in [1.165, 1.54) is 17.5 Å². The Balaban J connectivity index is 1.44. The molecule has 0 aromatic heterocycles. The number of fused-ring (bicyclic) bond motifs is 1. The van der Waals surface area contributed by atoms with E-state index in [0.29, 0.717) is 12.0 Å². The third-order valence-electron chi connectivity index (χ3n) is 5.41. The van der Waals surface area contributed by atoms with Crippen molar-refractivity contribution in [2.24, 2.45) is 5.92 Å². The number of anilines is 1. The SMILES string of the molecule is O=C1CC(Cc2ccc(C(=O)Nc3cccc4c3CCCC4)cc2)C(=O)N1. The number of aryl methyl sites for hydroxylation is 1. The minimum absolute atomic E-state index is 0.130. The molecule has 1 fully saturated rings. The van der Waals surface area contributed by atoms with Crippen LogP contribution in [0.2, 0.25) is 0 Å². The first-order valence-corrected chi connectivity index (χ1v) is 9.45. The molecular formula is C22H22N2O3. The van der Waals surface area contributed by atoms with Crippen molar-refractivity contribution >= 4 is 23.4 Å². The Labute approximate surface area is 158 Å². The van der Waals surface area contributed by atoms with Crippen molar-refractivity contribution in [3.63, 3.8) is 0 Å². The van der Waals surface area contributed by atoms with E-state index in [2.05, 4.69) is 16.7 Å². The maximum atomic E-state index is 12.6. The lowest BCUT2D eigenvalue weighted by Gasteiger charge is -2.19. The fourth-order valence-corrected chi connectivity index (χ4v) is 3.94. The molecule has 1 aliphatic carbocycles. The third-order valence-corrected chi connectivity index (χ3v) is 5.41. The van der Waals surface area contributed by atoms with Gasteiger partial charge >= 0.3 is 0 Å². The number of rotatable bonds is 4. The van der Waals surface area contributed by atoms with Gasteiger partial charge in [0.15, 0.2) is 0 Å². The first-order chi connectivity index (χ1) is 13.1. The van der Waals surface area contributed by atoms with Crippen LogP contribution in [0.5, 0.6) is 0 Å². The molecule has 1 heterocycles. The van der Waals surface area contributed by atoms with Crippen molar-refractivity contribution in [3.05, 3.63) is 64.7 Å². The second kappa shape index (κ2) is 7.35. The Hall–Kier alpha value is -2.95. The van der Waals surface area contributed by atoms with Crippen LogP contribution >= 0.6 is 0 Å². The Kier molecular flexibility index (Phi) is 4.75. The molecule has 1 atom stereocenters. The van der Waals surface area contributed by atoms with Crippen molar-refractivity contribution < 1.29 is 14.4 Å². The maximum Gasteiger partial charge on any atom is 0.255 e. The summed E-state index contributed by atoms with van der Waals surface area (Å²) in [6.45, 7) is 0. The van der Waals surface area contributed by atoms with Gasteiger partial charge in [-0.15, -0.1) is 0 Å². The molecule has 138 valence electrons. The molecule has 5 nitrogen and oxygen atoms in total. The average molecular weight is 362 g/mol. The molecule has 0 spiro atoms. The molecule has 2 N–H and O–H groups in total. The van der Waals surface area contributed by atoms with Crippen molar-refractivity contribution in [1.29, 1.82) is 0 Å². The van der Waals surface area contributed by atoms with Gasteiger partial charge in [0.05, 0.1) is 5.92 Å². The van der Waals surface area contributed by atoms with Crippen LogP contribution in [0.4, 0.5) is 5.69 Å². The largest absolute Gasteiger partial charge is 0.322 e. The minimum Gasteiger partial charge on any atom is -0.322 e. The smallest absolute Gasteiger partial charge is 0.255 e. The van der Waals surface area contributed by atoms with Gasteiger partial charge in [0.1, 0.15) is 0 Å². The molecule has 2 aromatic carbocycles. The van der Waals surface area contributed by atoms with Gasteiger partial charge in [-0.05, 0) is 67.0 Å². The molecular weight excluding hydrogens is 340 g/mol. The van der Waals surface area contributed by atoms with Crippen molar-refractivity contribution in [1.82, 2.24) is 5.32 Å². The van der Waals surface area contributed by atoms with Gasteiger partial charge in [0, 0.05) is 17.7 Å². The lowest BCUT2D eigenvalue weighted by atomic mass is 9.90. The molecule has 4 rings (SSSR count). The number of imide groups is 1. The zero-order valence-electron chi connectivity index (χ0n) is 15.1. The summed E-state index contributed by atoms with van der Waals surface area (Å²) in [6, 6.07) is 13.4. The molecule has 1 unspecified atom stereocenters. The summed E-state index contributed by atoms with van der Waals surface area (Å²) in [6.07, 6.45) is 5.19. The summed E-state index contributed by atoms with van der Waals surface area (Å²) in [5.74, 6) is -0.870. The zero-order chi connectivity index (χ0) is 18.8. The molecule has 3 amide bonds. The highest BCUT2D eigenvalue weighted by Gasteiger charge is 2.30. The molecule has 1 aliphatic heterocycles. The van der Waals surface area contributed by atoms with E-state index in [0.717, 1.165) is 30.5 Å². The van der Waals surface area contributed by atoms with Crippen LogP contribution in [0.15, 0.2) is 42.5 Å². The lowest BCUT2D eigenvalue weighted by molar-refractivity contribution is -0.125. The molecule has 0 bridgehead atoms. The molecule has 2 aromatic rings. The average Bonchev–Trinajstić information content (AvgIpc) is 2.99. The number of nitrogens with one attached hydrogen (secondary N) is 2. The predicted octanol–water partition coefficient (Wildman–Crippen LogP) is 3.02. The standard InChI is InChI=1S/C22H22N2O3/c25-20-13-17(22(27)24-20)12-14-8-10-16(11-9-14)21(26)23-19-7-3-5-15-4-1-2-6-18(15)19/h3,5,7-11,17H,1-2,4,6,12-13H2,(H,23,26)(H,24,25,27). The lowest BCUT2D eigenvalue weighted by Crippen LogP contribution is -2.22. The second-order valence-electron chi connectivity index (χ2n) is 7.32. The van der Waals surface area contributed by atoms with Crippen molar-refractivity contribution in [3.8, 4) is 0 Å². The van der Waals surface area contributed by atoms with Gasteiger partial charge < -0.3 is 5.32 Å². The first kappa shape index (κ1) is 17.5. The summed E-state index contributed by atoms with van der Waals surface area (Å²) < 4.78 is 0. The Morgan fingerprint density at radius 2 is 1.81 bits per heavy atom. The minimum atomic E-state index is -0.312. The molecule has 0 radical (unpaired) electrons. The summed E-state index contributed by atoms with van der Waals surface area (Å²) in [4.78, 5) is 35.6. The molecule has 1 saturated heterocycles. The number of hydrogen-bond donors (Lipinski definition) is 2. The molecule has 0 saturated carbocycles. The number of amides is 3. The van der Waals surface area contributed by atoms with Crippen LogP contribution in [0.1, 0.15) is 46.3 Å². The Morgan fingerprint density at radius 1 is 1.04 bits per heavy atom. The molecule has 2 aliphatic rings. The Bertz CT molecular complexity index is 902. The second-order valence-corrected chi connectivity index (χ2v) is 7.32. The van der Waals surface area contributed by atoms with Gasteiger partial charge in [-0.2, -0.15) is 0 Å². The van der Waals surface area contributed by atoms with Crippen LogP contribution in [-0.4, -0.2) is 17.7 Å². The van der Waals surface area contributed by atoms with Crippen LogP contribution < -0.4 is 10.6 Å². The summed E-state index contributed by atoms with van der Waals surface area (Å²) in [5.41, 5.74) is 5.02. The topological polar surface area (TPSA) is 75.3 Å². The van der Waals surface area contributed by atoms with E-state index in [9.17, 15) is 14.4 Å². The molecule has 27 heavy (non-hydrogen) atoms. The van der Waals surface area contributed by atoms with Crippen LogP contribution in [0.3, 0.4) is 0 Å². The third kappa shape index (κ3) is 3.77. The van der Waals surface area contributed by atoms with E-state index < -0.39 is 0 Å². The van der Waals surface area contributed by atoms with Gasteiger partial charge in [0.2, 0.25) is 11.8 Å². The van der Waals surface area contributed by atoms with E-state index in [1.807, 2.05) is 24.3 Å². The predicted molar refractivity (Wildman–Crippen MR) is 102 cm³/mol. The van der Waals surface area contributed by atoms with Gasteiger partial charge in [-0.3, -0.25) is 19.7 Å². The Morgan fingerprint density at radius 3 is 2.56 bits per heavy atom.